The van der Waals surface area contributed by atoms with Gasteiger partial charge in [0.15, 0.2) is 0 Å². The molecule has 1 N–H and O–H groups in total. The van der Waals surface area contributed by atoms with Crippen molar-refractivity contribution >= 4 is 23.2 Å². The molecule has 140 valence electrons. The summed E-state index contributed by atoms with van der Waals surface area (Å²) in [6.45, 7) is 0. The maximum Gasteiger partial charge on any atom is 0.0939 e. The quantitative estimate of drug-likeness (QED) is 0.479. The zero-order valence-corrected chi connectivity index (χ0v) is 16.8. The van der Waals surface area contributed by atoms with Crippen molar-refractivity contribution in [1.29, 1.82) is 0 Å². The van der Waals surface area contributed by atoms with E-state index in [0.29, 0.717) is 10.0 Å². The molecule has 2 aromatic carbocycles. The lowest BCUT2D eigenvalue weighted by Crippen LogP contribution is -2.14. The number of nitrogens with zero attached hydrogens (tertiary/aromatic N) is 1. The van der Waals surface area contributed by atoms with Crippen LogP contribution in [0.25, 0.3) is 11.3 Å². The summed E-state index contributed by atoms with van der Waals surface area (Å²) in [5.74, 6) is 1.55. The van der Waals surface area contributed by atoms with Crippen molar-refractivity contribution in [3.05, 3.63) is 75.9 Å². The molecule has 1 aliphatic rings. The van der Waals surface area contributed by atoms with Crippen LogP contribution < -0.4 is 0 Å². The van der Waals surface area contributed by atoms with Crippen molar-refractivity contribution in [1.82, 2.24) is 10.2 Å². The summed E-state index contributed by atoms with van der Waals surface area (Å²) in [5, 5.41) is 8.74. The molecule has 0 atom stereocenters. The predicted molar refractivity (Wildman–Crippen MR) is 114 cm³/mol. The first kappa shape index (κ1) is 18.6. The normalized spacial score (nSPS) is 19.9. The number of aromatic nitrogens is 2. The fourth-order valence-electron chi connectivity index (χ4n) is 4.20. The Kier molecular flexibility index (Phi) is 5.85. The van der Waals surface area contributed by atoms with Gasteiger partial charge in [0.1, 0.15) is 0 Å². The number of H-pyrrole nitrogens is 1. The van der Waals surface area contributed by atoms with E-state index in [4.69, 9.17) is 23.2 Å². The Balaban J connectivity index is 1.31. The summed E-state index contributed by atoms with van der Waals surface area (Å²) in [5.41, 5.74) is 4.43. The first-order valence-electron chi connectivity index (χ1n) is 9.74. The summed E-state index contributed by atoms with van der Waals surface area (Å²) >= 11 is 12.4. The number of halogens is 2. The molecule has 1 fully saturated rings. The van der Waals surface area contributed by atoms with E-state index in [1.807, 2.05) is 12.1 Å². The van der Waals surface area contributed by atoms with Crippen LogP contribution in [0, 0.1) is 5.92 Å². The Labute approximate surface area is 170 Å². The van der Waals surface area contributed by atoms with E-state index in [9.17, 15) is 0 Å². The van der Waals surface area contributed by atoms with Gasteiger partial charge in [-0.2, -0.15) is 5.10 Å². The van der Waals surface area contributed by atoms with Crippen LogP contribution in [0.4, 0.5) is 0 Å². The molecule has 0 aliphatic heterocycles. The van der Waals surface area contributed by atoms with Crippen LogP contribution in [0.2, 0.25) is 10.0 Å². The SMILES string of the molecule is Clc1cccc(-c2cc(CCC3CCC(c4ccccc4)CC3)[nH]n2)c1Cl. The van der Waals surface area contributed by atoms with Gasteiger partial charge in [0.2, 0.25) is 0 Å². The summed E-state index contributed by atoms with van der Waals surface area (Å²) in [4.78, 5) is 0. The van der Waals surface area contributed by atoms with Crippen LogP contribution in [0.3, 0.4) is 0 Å². The molecule has 0 unspecified atom stereocenters. The molecular weight excluding hydrogens is 375 g/mol. The minimum atomic E-state index is 0.564. The molecule has 1 aliphatic carbocycles. The summed E-state index contributed by atoms with van der Waals surface area (Å²) in [6.07, 6.45) is 7.50. The molecule has 2 nitrogen and oxygen atoms in total. The van der Waals surface area contributed by atoms with Gasteiger partial charge in [-0.05, 0) is 68.1 Å². The van der Waals surface area contributed by atoms with Crippen molar-refractivity contribution in [2.45, 2.75) is 44.4 Å². The van der Waals surface area contributed by atoms with E-state index in [1.54, 1.807) is 6.07 Å². The number of benzene rings is 2. The van der Waals surface area contributed by atoms with Gasteiger partial charge in [0, 0.05) is 11.3 Å². The Morgan fingerprint density at radius 1 is 0.926 bits per heavy atom. The number of aryl methyl sites for hydroxylation is 1. The second kappa shape index (κ2) is 8.50. The maximum absolute atomic E-state index is 6.31. The highest BCUT2D eigenvalue weighted by atomic mass is 35.5. The van der Waals surface area contributed by atoms with E-state index in [-0.39, 0.29) is 0 Å². The van der Waals surface area contributed by atoms with Crippen molar-refractivity contribution in [2.75, 3.05) is 0 Å². The average molecular weight is 399 g/mol. The lowest BCUT2D eigenvalue weighted by molar-refractivity contribution is 0.310. The number of rotatable bonds is 5. The average Bonchev–Trinajstić information content (AvgIpc) is 3.18. The summed E-state index contributed by atoms with van der Waals surface area (Å²) < 4.78 is 0. The molecule has 0 radical (unpaired) electrons. The van der Waals surface area contributed by atoms with Crippen LogP contribution in [0.15, 0.2) is 54.6 Å². The van der Waals surface area contributed by atoms with Gasteiger partial charge in [0.05, 0.1) is 15.7 Å². The predicted octanol–water partition coefficient (Wildman–Crippen LogP) is 7.29. The Morgan fingerprint density at radius 3 is 2.48 bits per heavy atom. The molecule has 4 heteroatoms. The lowest BCUT2D eigenvalue weighted by Gasteiger charge is -2.28. The molecule has 0 amide bonds. The third-order valence-electron chi connectivity index (χ3n) is 5.80. The molecule has 1 aromatic heterocycles. The van der Waals surface area contributed by atoms with Gasteiger partial charge in [0.25, 0.3) is 0 Å². The largest absolute Gasteiger partial charge is 0.282 e. The van der Waals surface area contributed by atoms with Crippen LogP contribution in [-0.2, 0) is 6.42 Å². The maximum atomic E-state index is 6.31. The molecule has 0 spiro atoms. The first-order valence-corrected chi connectivity index (χ1v) is 10.5. The molecule has 1 saturated carbocycles. The smallest absolute Gasteiger partial charge is 0.0939 e. The van der Waals surface area contributed by atoms with E-state index >= 15 is 0 Å². The fourth-order valence-corrected chi connectivity index (χ4v) is 4.60. The number of hydrogen-bond acceptors (Lipinski definition) is 1. The Hall–Kier alpha value is -1.77. The molecule has 0 bridgehead atoms. The van der Waals surface area contributed by atoms with E-state index < -0.39 is 0 Å². The fraction of sp³-hybridized carbons (Fsp3) is 0.348. The molecular formula is C23H24Cl2N2. The van der Waals surface area contributed by atoms with Gasteiger partial charge < -0.3 is 0 Å². The van der Waals surface area contributed by atoms with Gasteiger partial charge in [-0.1, -0.05) is 65.7 Å². The zero-order chi connectivity index (χ0) is 18.6. The zero-order valence-electron chi connectivity index (χ0n) is 15.3. The minimum absolute atomic E-state index is 0.564. The highest BCUT2D eigenvalue weighted by Gasteiger charge is 2.22. The lowest BCUT2D eigenvalue weighted by atomic mass is 9.77. The second-order valence-electron chi connectivity index (χ2n) is 7.55. The van der Waals surface area contributed by atoms with Gasteiger partial charge in [-0.15, -0.1) is 0 Å². The van der Waals surface area contributed by atoms with Crippen LogP contribution >= 0.6 is 23.2 Å². The summed E-state index contributed by atoms with van der Waals surface area (Å²) in [7, 11) is 0. The number of aromatic amines is 1. The van der Waals surface area contributed by atoms with Gasteiger partial charge in [-0.25, -0.2) is 0 Å². The van der Waals surface area contributed by atoms with Gasteiger partial charge in [-0.3, -0.25) is 5.10 Å². The van der Waals surface area contributed by atoms with Crippen molar-refractivity contribution in [2.24, 2.45) is 5.92 Å². The van der Waals surface area contributed by atoms with E-state index in [0.717, 1.165) is 29.5 Å². The molecule has 0 saturated heterocycles. The van der Waals surface area contributed by atoms with E-state index in [1.165, 1.54) is 43.4 Å². The molecule has 27 heavy (non-hydrogen) atoms. The number of nitrogens with one attached hydrogen (secondary N) is 1. The Bertz CT molecular complexity index is 880. The van der Waals surface area contributed by atoms with Crippen molar-refractivity contribution in [3.8, 4) is 11.3 Å². The Morgan fingerprint density at radius 2 is 1.70 bits per heavy atom. The number of hydrogen-bond donors (Lipinski definition) is 1. The van der Waals surface area contributed by atoms with Crippen molar-refractivity contribution in [3.63, 3.8) is 0 Å². The third kappa shape index (κ3) is 4.39. The van der Waals surface area contributed by atoms with Gasteiger partial charge >= 0.3 is 0 Å². The van der Waals surface area contributed by atoms with Crippen LogP contribution in [-0.4, -0.2) is 10.2 Å². The monoisotopic (exact) mass is 398 g/mol. The highest BCUT2D eigenvalue weighted by molar-refractivity contribution is 6.43. The second-order valence-corrected chi connectivity index (χ2v) is 8.33. The topological polar surface area (TPSA) is 28.7 Å². The summed E-state index contributed by atoms with van der Waals surface area (Å²) in [6, 6.07) is 18.7. The van der Waals surface area contributed by atoms with Crippen molar-refractivity contribution < 1.29 is 0 Å². The molecule has 3 aromatic rings. The third-order valence-corrected chi connectivity index (χ3v) is 6.62. The van der Waals surface area contributed by atoms with Crippen LogP contribution in [0.5, 0.6) is 0 Å². The standard InChI is InChI=1S/C23H24Cl2N2/c24-21-8-4-7-20(23(21)25)22-15-19(26-27-22)14-11-16-9-12-18(13-10-16)17-5-2-1-3-6-17/h1-8,15-16,18H,9-14H2,(H,26,27). The van der Waals surface area contributed by atoms with Crippen LogP contribution in [0.1, 0.15) is 49.3 Å². The minimum Gasteiger partial charge on any atom is -0.282 e. The molecule has 1 heterocycles. The molecule has 4 rings (SSSR count). The van der Waals surface area contributed by atoms with E-state index in [2.05, 4.69) is 46.6 Å². The highest BCUT2D eigenvalue weighted by Crippen LogP contribution is 2.37. The first-order chi connectivity index (χ1) is 13.2.